The summed E-state index contributed by atoms with van der Waals surface area (Å²) >= 11 is 0. The highest BCUT2D eigenvalue weighted by Crippen LogP contribution is 2.26. The molecule has 0 bridgehead atoms. The van der Waals surface area contributed by atoms with E-state index >= 15 is 0 Å². The zero-order valence-corrected chi connectivity index (χ0v) is 15.6. The molecule has 1 aromatic rings. The molecule has 0 unspecified atom stereocenters. The van der Waals surface area contributed by atoms with Gasteiger partial charge in [-0.15, -0.1) is 0 Å². The molecule has 0 spiro atoms. The molecule has 25 heavy (non-hydrogen) atoms. The van der Waals surface area contributed by atoms with Crippen LogP contribution < -0.4 is 0 Å². The van der Waals surface area contributed by atoms with Crippen molar-refractivity contribution < 1.29 is 13.2 Å². The lowest BCUT2D eigenvalue weighted by atomic mass is 9.96. The number of carbonyl (C=O) groups excluding carboxylic acids is 1. The van der Waals surface area contributed by atoms with Gasteiger partial charge in [-0.2, -0.15) is 9.57 Å². The first-order chi connectivity index (χ1) is 11.9. The van der Waals surface area contributed by atoms with E-state index in [0.29, 0.717) is 6.54 Å². The average Bonchev–Trinajstić information content (AvgIpc) is 2.65. The van der Waals surface area contributed by atoms with E-state index in [0.717, 1.165) is 32.1 Å². The number of sulfonamides is 1. The summed E-state index contributed by atoms with van der Waals surface area (Å²) in [4.78, 5) is 14.0. The minimum absolute atomic E-state index is 0.0174. The number of nitrogens with zero attached hydrogens (tertiary/aromatic N) is 3. The Balaban J connectivity index is 2.27. The minimum atomic E-state index is -3.64. The van der Waals surface area contributed by atoms with Gasteiger partial charge in [0.1, 0.15) is 6.54 Å². The van der Waals surface area contributed by atoms with Crippen LogP contribution in [0.4, 0.5) is 0 Å². The van der Waals surface area contributed by atoms with Crippen LogP contribution in [0.15, 0.2) is 29.2 Å². The van der Waals surface area contributed by atoms with Gasteiger partial charge in [-0.05, 0) is 38.0 Å². The average molecular weight is 363 g/mol. The highest BCUT2D eigenvalue weighted by Gasteiger charge is 2.29. The summed E-state index contributed by atoms with van der Waals surface area (Å²) in [5, 5.41) is 8.82. The Morgan fingerprint density at radius 3 is 2.56 bits per heavy atom. The third-order valence-electron chi connectivity index (χ3n) is 4.78. The summed E-state index contributed by atoms with van der Waals surface area (Å²) < 4.78 is 27.3. The van der Waals surface area contributed by atoms with E-state index in [1.165, 1.54) is 21.3 Å². The number of amides is 1. The first-order valence-corrected chi connectivity index (χ1v) is 10.1. The van der Waals surface area contributed by atoms with E-state index in [1.807, 2.05) is 6.07 Å². The van der Waals surface area contributed by atoms with Gasteiger partial charge in [0, 0.05) is 25.2 Å². The molecule has 1 saturated carbocycles. The Morgan fingerprint density at radius 1 is 1.28 bits per heavy atom. The third-order valence-corrected chi connectivity index (χ3v) is 6.68. The third kappa shape index (κ3) is 4.39. The Kier molecular flexibility index (Phi) is 6.57. The van der Waals surface area contributed by atoms with Gasteiger partial charge >= 0.3 is 0 Å². The van der Waals surface area contributed by atoms with Crippen LogP contribution >= 0.6 is 0 Å². The molecule has 6 nitrogen and oxygen atoms in total. The first kappa shape index (κ1) is 19.4. The van der Waals surface area contributed by atoms with Gasteiger partial charge in [-0.25, -0.2) is 8.42 Å². The summed E-state index contributed by atoms with van der Waals surface area (Å²) in [5.41, 5.74) is 0.287. The maximum atomic E-state index is 12.9. The zero-order chi connectivity index (χ0) is 18.4. The molecule has 0 heterocycles. The molecule has 0 saturated heterocycles. The Hall–Kier alpha value is -1.91. The van der Waals surface area contributed by atoms with Crippen molar-refractivity contribution in [2.45, 2.75) is 50.0 Å². The van der Waals surface area contributed by atoms with E-state index in [4.69, 9.17) is 5.26 Å². The molecule has 0 N–H and O–H groups in total. The van der Waals surface area contributed by atoms with Crippen molar-refractivity contribution in [3.05, 3.63) is 29.8 Å². The molecule has 1 aromatic carbocycles. The number of carbonyl (C=O) groups is 1. The highest BCUT2D eigenvalue weighted by atomic mass is 32.2. The van der Waals surface area contributed by atoms with Crippen molar-refractivity contribution in [3.8, 4) is 6.07 Å². The fraction of sp³-hybridized carbons (Fsp3) is 0.556. The normalized spacial score (nSPS) is 15.8. The molecule has 0 atom stereocenters. The SMILES string of the molecule is CCN(CC#N)C(=O)c1cccc(S(=O)(=O)N(C)C2CCCCC2)c1. The fourth-order valence-corrected chi connectivity index (χ4v) is 4.65. The summed E-state index contributed by atoms with van der Waals surface area (Å²) in [6.45, 7) is 2.16. The smallest absolute Gasteiger partial charge is 0.254 e. The monoisotopic (exact) mass is 363 g/mol. The van der Waals surface area contributed by atoms with Crippen molar-refractivity contribution in [3.63, 3.8) is 0 Å². The summed E-state index contributed by atoms with van der Waals surface area (Å²) in [6.07, 6.45) is 4.99. The number of hydrogen-bond acceptors (Lipinski definition) is 4. The molecule has 7 heteroatoms. The predicted molar refractivity (Wildman–Crippen MR) is 95.5 cm³/mol. The number of rotatable bonds is 6. The van der Waals surface area contributed by atoms with Gasteiger partial charge in [0.25, 0.3) is 5.91 Å². The molecule has 0 aliphatic heterocycles. The van der Waals surface area contributed by atoms with E-state index in [-0.39, 0.29) is 29.0 Å². The van der Waals surface area contributed by atoms with E-state index in [9.17, 15) is 13.2 Å². The molecule has 1 aliphatic carbocycles. The summed E-state index contributed by atoms with van der Waals surface area (Å²) in [6, 6.07) is 8.07. The number of nitriles is 1. The quantitative estimate of drug-likeness (QED) is 0.728. The van der Waals surface area contributed by atoms with E-state index in [2.05, 4.69) is 0 Å². The topological polar surface area (TPSA) is 81.5 Å². The van der Waals surface area contributed by atoms with Gasteiger partial charge in [-0.3, -0.25) is 4.79 Å². The second-order valence-electron chi connectivity index (χ2n) is 6.32. The van der Waals surface area contributed by atoms with E-state index < -0.39 is 10.0 Å². The molecule has 1 aliphatic rings. The molecular weight excluding hydrogens is 338 g/mol. The lowest BCUT2D eigenvalue weighted by molar-refractivity contribution is 0.0784. The Morgan fingerprint density at radius 2 is 1.96 bits per heavy atom. The Bertz CT molecular complexity index is 749. The summed E-state index contributed by atoms with van der Waals surface area (Å²) in [5.74, 6) is -0.332. The standard InChI is InChI=1S/C18H25N3O3S/c1-3-21(13-12-19)18(22)15-8-7-11-17(14-15)25(23,24)20(2)16-9-5-4-6-10-16/h7-8,11,14,16H,3-6,9-10,13H2,1-2H3. The van der Waals surface area contributed by atoms with Gasteiger partial charge in [-0.1, -0.05) is 25.3 Å². The number of benzene rings is 1. The van der Waals surface area contributed by atoms with Crippen LogP contribution in [0.3, 0.4) is 0 Å². The molecule has 0 radical (unpaired) electrons. The van der Waals surface area contributed by atoms with Crippen LogP contribution in [-0.4, -0.2) is 49.7 Å². The van der Waals surface area contributed by atoms with Crippen molar-refractivity contribution in [1.29, 1.82) is 5.26 Å². The lowest BCUT2D eigenvalue weighted by Crippen LogP contribution is -2.38. The minimum Gasteiger partial charge on any atom is -0.326 e. The van der Waals surface area contributed by atoms with Gasteiger partial charge in [0.2, 0.25) is 10.0 Å². The molecule has 0 aromatic heterocycles. The zero-order valence-electron chi connectivity index (χ0n) is 14.8. The van der Waals surface area contributed by atoms with E-state index in [1.54, 1.807) is 26.1 Å². The molecule has 136 valence electrons. The molecule has 1 amide bonds. The molecule has 1 fully saturated rings. The van der Waals surface area contributed by atoms with Gasteiger partial charge in [0.15, 0.2) is 0 Å². The second-order valence-corrected chi connectivity index (χ2v) is 8.32. The maximum Gasteiger partial charge on any atom is 0.254 e. The van der Waals surface area contributed by atoms with Crippen LogP contribution in [0.25, 0.3) is 0 Å². The summed E-state index contributed by atoms with van der Waals surface area (Å²) in [7, 11) is -2.02. The number of hydrogen-bond donors (Lipinski definition) is 0. The van der Waals surface area contributed by atoms with Crippen molar-refractivity contribution in [2.75, 3.05) is 20.1 Å². The van der Waals surface area contributed by atoms with Crippen LogP contribution in [0.2, 0.25) is 0 Å². The predicted octanol–water partition coefficient (Wildman–Crippen LogP) is 2.63. The van der Waals surface area contributed by atoms with Crippen LogP contribution in [0.5, 0.6) is 0 Å². The molecule has 2 rings (SSSR count). The van der Waals surface area contributed by atoms with Crippen molar-refractivity contribution in [1.82, 2.24) is 9.21 Å². The van der Waals surface area contributed by atoms with Crippen LogP contribution in [0.1, 0.15) is 49.4 Å². The highest BCUT2D eigenvalue weighted by molar-refractivity contribution is 7.89. The van der Waals surface area contributed by atoms with Crippen molar-refractivity contribution in [2.24, 2.45) is 0 Å². The van der Waals surface area contributed by atoms with Gasteiger partial charge in [0.05, 0.1) is 11.0 Å². The van der Waals surface area contributed by atoms with Gasteiger partial charge < -0.3 is 4.90 Å². The first-order valence-electron chi connectivity index (χ1n) is 8.66. The second kappa shape index (κ2) is 8.45. The van der Waals surface area contributed by atoms with Crippen molar-refractivity contribution >= 4 is 15.9 Å². The van der Waals surface area contributed by atoms with Crippen LogP contribution in [0, 0.1) is 11.3 Å². The lowest BCUT2D eigenvalue weighted by Gasteiger charge is -2.30. The largest absolute Gasteiger partial charge is 0.326 e. The Labute approximate surface area is 150 Å². The maximum absolute atomic E-state index is 12.9. The van der Waals surface area contributed by atoms with Crippen LogP contribution in [-0.2, 0) is 10.0 Å². The fourth-order valence-electron chi connectivity index (χ4n) is 3.19. The molecular formula is C18H25N3O3S.